The number of rotatable bonds is 7. The van der Waals surface area contributed by atoms with Gasteiger partial charge in [0.25, 0.3) is 0 Å². The molecule has 0 aliphatic heterocycles. The molecule has 0 radical (unpaired) electrons. The van der Waals surface area contributed by atoms with Crippen molar-refractivity contribution in [1.82, 2.24) is 0 Å². The van der Waals surface area contributed by atoms with Gasteiger partial charge in [0.1, 0.15) is 0 Å². The van der Waals surface area contributed by atoms with Gasteiger partial charge in [0.2, 0.25) is 0 Å². The molecule has 0 aromatic heterocycles. The van der Waals surface area contributed by atoms with Crippen molar-refractivity contribution in [3.05, 3.63) is 47.5 Å². The molecule has 0 saturated carbocycles. The van der Waals surface area contributed by atoms with E-state index < -0.39 is 5.97 Å². The molecule has 1 N–H and O–H groups in total. The molecule has 2 aromatic carbocycles. The zero-order valence-electron chi connectivity index (χ0n) is 12.1. The highest BCUT2D eigenvalue weighted by Crippen LogP contribution is 2.19. The van der Waals surface area contributed by atoms with Crippen LogP contribution in [0.25, 0.3) is 10.8 Å². The summed E-state index contributed by atoms with van der Waals surface area (Å²) in [5, 5.41) is 11.1. The van der Waals surface area contributed by atoms with Crippen molar-refractivity contribution in [2.75, 3.05) is 0 Å². The number of benzene rings is 2. The number of hydrogen-bond acceptors (Lipinski definition) is 1. The lowest BCUT2D eigenvalue weighted by atomic mass is 10.0. The summed E-state index contributed by atoms with van der Waals surface area (Å²) in [7, 11) is 0. The van der Waals surface area contributed by atoms with Gasteiger partial charge in [-0.05, 0) is 41.3 Å². The van der Waals surface area contributed by atoms with Crippen molar-refractivity contribution >= 4 is 16.7 Å². The molecule has 0 atom stereocenters. The van der Waals surface area contributed by atoms with Crippen LogP contribution in [-0.4, -0.2) is 11.1 Å². The summed E-state index contributed by atoms with van der Waals surface area (Å²) in [5.41, 5.74) is 1.70. The molecule has 20 heavy (non-hydrogen) atoms. The first-order valence-corrected chi connectivity index (χ1v) is 7.46. The lowest BCUT2D eigenvalue weighted by Crippen LogP contribution is -1.95. The Morgan fingerprint density at radius 3 is 2.40 bits per heavy atom. The van der Waals surface area contributed by atoms with Crippen molar-refractivity contribution in [3.63, 3.8) is 0 Å². The molecular weight excluding hydrogens is 248 g/mol. The molecule has 2 nitrogen and oxygen atoms in total. The molecule has 0 bridgehead atoms. The highest BCUT2D eigenvalue weighted by molar-refractivity contribution is 5.94. The van der Waals surface area contributed by atoms with E-state index in [0.29, 0.717) is 5.56 Å². The fraction of sp³-hybridized carbons (Fsp3) is 0.389. The normalized spacial score (nSPS) is 10.8. The van der Waals surface area contributed by atoms with Gasteiger partial charge >= 0.3 is 5.97 Å². The maximum atomic E-state index is 10.9. The Kier molecular flexibility index (Phi) is 5.16. The number of carboxylic acid groups (broad SMARTS) is 1. The molecule has 0 spiro atoms. The Balaban J connectivity index is 2.02. The zero-order valence-corrected chi connectivity index (χ0v) is 12.1. The van der Waals surface area contributed by atoms with E-state index in [2.05, 4.69) is 19.1 Å². The van der Waals surface area contributed by atoms with Gasteiger partial charge in [-0.15, -0.1) is 0 Å². The smallest absolute Gasteiger partial charge is 0.335 e. The van der Waals surface area contributed by atoms with Crippen molar-refractivity contribution in [3.8, 4) is 0 Å². The summed E-state index contributed by atoms with van der Waals surface area (Å²) in [4.78, 5) is 10.9. The molecule has 0 unspecified atom stereocenters. The predicted octanol–water partition coefficient (Wildman–Crippen LogP) is 5.05. The molecule has 2 aromatic rings. The third-order valence-corrected chi connectivity index (χ3v) is 3.72. The Hall–Kier alpha value is -1.83. The molecular formula is C18H22O2. The number of aromatic carboxylic acids is 1. The van der Waals surface area contributed by atoms with Gasteiger partial charge in [0.15, 0.2) is 0 Å². The summed E-state index contributed by atoms with van der Waals surface area (Å²) in [6.07, 6.45) is 7.58. The maximum Gasteiger partial charge on any atom is 0.335 e. The second-order valence-corrected chi connectivity index (χ2v) is 5.37. The number of carboxylic acids is 1. The van der Waals surface area contributed by atoms with Crippen LogP contribution < -0.4 is 0 Å². The molecule has 106 valence electrons. The van der Waals surface area contributed by atoms with Gasteiger partial charge in [-0.25, -0.2) is 4.79 Å². The Morgan fingerprint density at radius 2 is 1.65 bits per heavy atom. The lowest BCUT2D eigenvalue weighted by molar-refractivity contribution is 0.0697. The first-order valence-electron chi connectivity index (χ1n) is 7.46. The minimum atomic E-state index is -0.869. The van der Waals surface area contributed by atoms with Crippen molar-refractivity contribution in [2.45, 2.75) is 45.4 Å². The van der Waals surface area contributed by atoms with Crippen LogP contribution in [0.2, 0.25) is 0 Å². The second kappa shape index (κ2) is 7.09. The molecule has 0 fully saturated rings. The summed E-state index contributed by atoms with van der Waals surface area (Å²) in [6.45, 7) is 2.23. The average Bonchev–Trinajstić information content (AvgIpc) is 2.46. The number of carbonyl (C=O) groups is 1. The predicted molar refractivity (Wildman–Crippen MR) is 83.4 cm³/mol. The molecule has 0 amide bonds. The van der Waals surface area contributed by atoms with Gasteiger partial charge in [0, 0.05) is 0 Å². The van der Waals surface area contributed by atoms with Crippen molar-refractivity contribution < 1.29 is 9.90 Å². The van der Waals surface area contributed by atoms with E-state index in [0.717, 1.165) is 17.2 Å². The van der Waals surface area contributed by atoms with Crippen LogP contribution in [0.3, 0.4) is 0 Å². The summed E-state index contributed by atoms with van der Waals surface area (Å²) in [6, 6.07) is 11.6. The number of aryl methyl sites for hydroxylation is 1. The Morgan fingerprint density at radius 1 is 0.950 bits per heavy atom. The quantitative estimate of drug-likeness (QED) is 0.715. The van der Waals surface area contributed by atoms with Gasteiger partial charge in [-0.3, -0.25) is 0 Å². The molecule has 0 heterocycles. The van der Waals surface area contributed by atoms with Crippen LogP contribution in [-0.2, 0) is 6.42 Å². The first kappa shape index (κ1) is 14.6. The first-order chi connectivity index (χ1) is 9.70. The summed E-state index contributed by atoms with van der Waals surface area (Å²) < 4.78 is 0. The van der Waals surface area contributed by atoms with E-state index in [1.165, 1.54) is 37.7 Å². The Labute approximate surface area is 120 Å². The molecule has 2 heteroatoms. The van der Waals surface area contributed by atoms with Crippen molar-refractivity contribution in [1.29, 1.82) is 0 Å². The SMILES string of the molecule is CCCCCCCc1ccc2cc(C(=O)O)ccc2c1. The highest BCUT2D eigenvalue weighted by atomic mass is 16.4. The van der Waals surface area contributed by atoms with Crippen LogP contribution >= 0.6 is 0 Å². The van der Waals surface area contributed by atoms with E-state index >= 15 is 0 Å². The van der Waals surface area contributed by atoms with Crippen LogP contribution in [0.4, 0.5) is 0 Å². The van der Waals surface area contributed by atoms with Crippen LogP contribution in [0, 0.1) is 0 Å². The zero-order chi connectivity index (χ0) is 14.4. The minimum Gasteiger partial charge on any atom is -0.478 e. The van der Waals surface area contributed by atoms with Gasteiger partial charge < -0.3 is 5.11 Å². The van der Waals surface area contributed by atoms with Gasteiger partial charge in [-0.1, -0.05) is 56.9 Å². The third kappa shape index (κ3) is 3.83. The monoisotopic (exact) mass is 270 g/mol. The van der Waals surface area contributed by atoms with Crippen molar-refractivity contribution in [2.24, 2.45) is 0 Å². The molecule has 2 rings (SSSR count). The van der Waals surface area contributed by atoms with Gasteiger partial charge in [-0.2, -0.15) is 0 Å². The van der Waals surface area contributed by atoms with E-state index in [-0.39, 0.29) is 0 Å². The summed E-state index contributed by atoms with van der Waals surface area (Å²) in [5.74, 6) is -0.869. The van der Waals surface area contributed by atoms with Gasteiger partial charge in [0.05, 0.1) is 5.56 Å². The maximum absolute atomic E-state index is 10.9. The number of hydrogen-bond donors (Lipinski definition) is 1. The average molecular weight is 270 g/mol. The standard InChI is InChI=1S/C18H22O2/c1-2-3-4-5-6-7-14-8-9-16-13-17(18(19)20)11-10-15(16)12-14/h8-13H,2-7H2,1H3,(H,19,20). The Bertz CT molecular complexity index is 587. The van der Waals surface area contributed by atoms with E-state index in [1.54, 1.807) is 12.1 Å². The second-order valence-electron chi connectivity index (χ2n) is 5.37. The molecule has 0 aliphatic rings. The van der Waals surface area contributed by atoms with E-state index in [4.69, 9.17) is 5.11 Å². The molecule has 0 aliphatic carbocycles. The lowest BCUT2D eigenvalue weighted by Gasteiger charge is -2.05. The largest absolute Gasteiger partial charge is 0.478 e. The molecule has 0 saturated heterocycles. The van der Waals surface area contributed by atoms with E-state index in [1.807, 2.05) is 12.1 Å². The minimum absolute atomic E-state index is 0.352. The fourth-order valence-corrected chi connectivity index (χ4v) is 2.52. The van der Waals surface area contributed by atoms with Crippen LogP contribution in [0.5, 0.6) is 0 Å². The number of fused-ring (bicyclic) bond motifs is 1. The summed E-state index contributed by atoms with van der Waals surface area (Å²) >= 11 is 0. The topological polar surface area (TPSA) is 37.3 Å². The number of unbranched alkanes of at least 4 members (excludes halogenated alkanes) is 4. The van der Waals surface area contributed by atoms with Crippen LogP contribution in [0.15, 0.2) is 36.4 Å². The fourth-order valence-electron chi connectivity index (χ4n) is 2.52. The van der Waals surface area contributed by atoms with Crippen LogP contribution in [0.1, 0.15) is 54.9 Å². The highest BCUT2D eigenvalue weighted by Gasteiger charge is 2.04. The third-order valence-electron chi connectivity index (χ3n) is 3.72. The van der Waals surface area contributed by atoms with E-state index in [9.17, 15) is 4.79 Å².